The molecule has 0 radical (unpaired) electrons. The molecule has 0 saturated heterocycles. The maximum absolute atomic E-state index is 12.2. The van der Waals surface area contributed by atoms with Crippen LogP contribution < -0.4 is 0 Å². The van der Waals surface area contributed by atoms with Crippen molar-refractivity contribution in [1.82, 2.24) is 0 Å². The highest BCUT2D eigenvalue weighted by Crippen LogP contribution is 2.42. The first-order chi connectivity index (χ1) is 12.8. The van der Waals surface area contributed by atoms with Gasteiger partial charge in [-0.3, -0.25) is 4.79 Å². The van der Waals surface area contributed by atoms with E-state index in [9.17, 15) is 4.79 Å². The number of nitrogens with zero attached hydrogens (tertiary/aromatic N) is 2. The van der Waals surface area contributed by atoms with Crippen molar-refractivity contribution in [3.63, 3.8) is 0 Å². The van der Waals surface area contributed by atoms with Gasteiger partial charge < -0.3 is 0 Å². The molecule has 0 spiro atoms. The van der Waals surface area contributed by atoms with Crippen molar-refractivity contribution in [2.24, 2.45) is 9.63 Å². The minimum absolute atomic E-state index is 0.929. The SMILES string of the molecule is O=CC1(c2cc3ccccc3c3ccc4c(c23)CCCC4)C=CSN=N1. The molecule has 3 aromatic carbocycles. The first kappa shape index (κ1) is 15.8. The highest BCUT2D eigenvalue weighted by atomic mass is 32.2. The van der Waals surface area contributed by atoms with E-state index in [2.05, 4.69) is 46.0 Å². The fourth-order valence-electron chi connectivity index (χ4n) is 4.33. The molecule has 26 heavy (non-hydrogen) atoms. The Kier molecular flexibility index (Phi) is 3.68. The zero-order chi connectivity index (χ0) is 17.6. The van der Waals surface area contributed by atoms with Crippen molar-refractivity contribution in [2.75, 3.05) is 0 Å². The molecule has 5 rings (SSSR count). The van der Waals surface area contributed by atoms with Crippen LogP contribution in [0.3, 0.4) is 0 Å². The fraction of sp³-hybridized carbons (Fsp3) is 0.227. The first-order valence-corrected chi connectivity index (χ1v) is 9.85. The van der Waals surface area contributed by atoms with Crippen molar-refractivity contribution in [3.05, 3.63) is 70.6 Å². The van der Waals surface area contributed by atoms with Crippen LogP contribution in [0.1, 0.15) is 29.5 Å². The molecule has 0 amide bonds. The minimum atomic E-state index is -1.03. The summed E-state index contributed by atoms with van der Waals surface area (Å²) < 4.78 is 4.10. The Morgan fingerprint density at radius 3 is 2.77 bits per heavy atom. The lowest BCUT2D eigenvalue weighted by Crippen LogP contribution is -2.24. The first-order valence-electron chi connectivity index (χ1n) is 9.01. The van der Waals surface area contributed by atoms with Crippen LogP contribution >= 0.6 is 11.9 Å². The largest absolute Gasteiger partial charge is 0.300 e. The van der Waals surface area contributed by atoms with Crippen LogP contribution in [0.2, 0.25) is 0 Å². The molecular formula is C22H18N2OS. The van der Waals surface area contributed by atoms with E-state index in [1.165, 1.54) is 52.1 Å². The van der Waals surface area contributed by atoms with E-state index in [1.807, 2.05) is 17.6 Å². The van der Waals surface area contributed by atoms with E-state index in [0.29, 0.717) is 0 Å². The summed E-state index contributed by atoms with van der Waals surface area (Å²) in [5.41, 5.74) is 2.73. The van der Waals surface area contributed by atoms with Crippen molar-refractivity contribution < 1.29 is 4.79 Å². The Balaban J connectivity index is 1.97. The Bertz CT molecular complexity index is 1090. The summed E-state index contributed by atoms with van der Waals surface area (Å²) in [5, 5.41) is 11.0. The number of aldehydes is 1. The molecule has 0 fully saturated rings. The summed E-state index contributed by atoms with van der Waals surface area (Å²) in [6.45, 7) is 0. The molecule has 3 nitrogen and oxygen atoms in total. The van der Waals surface area contributed by atoms with Gasteiger partial charge in [-0.1, -0.05) is 36.4 Å². The van der Waals surface area contributed by atoms with E-state index >= 15 is 0 Å². The molecule has 4 heteroatoms. The van der Waals surface area contributed by atoms with Crippen LogP contribution in [0.5, 0.6) is 0 Å². The van der Waals surface area contributed by atoms with Gasteiger partial charge in [0.25, 0.3) is 0 Å². The van der Waals surface area contributed by atoms with Gasteiger partial charge in [0, 0.05) is 17.5 Å². The van der Waals surface area contributed by atoms with E-state index in [0.717, 1.165) is 30.1 Å². The van der Waals surface area contributed by atoms with Gasteiger partial charge in [-0.05, 0) is 75.9 Å². The number of benzene rings is 3. The van der Waals surface area contributed by atoms with Gasteiger partial charge >= 0.3 is 0 Å². The topological polar surface area (TPSA) is 41.8 Å². The molecule has 0 N–H and O–H groups in total. The third-order valence-electron chi connectivity index (χ3n) is 5.60. The second kappa shape index (κ2) is 6.06. The van der Waals surface area contributed by atoms with Crippen molar-refractivity contribution in [1.29, 1.82) is 0 Å². The third kappa shape index (κ3) is 2.25. The minimum Gasteiger partial charge on any atom is -0.300 e. The maximum Gasteiger partial charge on any atom is 0.182 e. The number of carbonyl (C=O) groups is 1. The van der Waals surface area contributed by atoms with E-state index in [4.69, 9.17) is 0 Å². The molecule has 128 valence electrons. The van der Waals surface area contributed by atoms with E-state index in [1.54, 1.807) is 0 Å². The summed E-state index contributed by atoms with van der Waals surface area (Å²) in [6, 6.07) is 15.0. The molecule has 0 aromatic heterocycles. The van der Waals surface area contributed by atoms with E-state index < -0.39 is 5.54 Å². The number of rotatable bonds is 2. The van der Waals surface area contributed by atoms with Gasteiger partial charge in [0.2, 0.25) is 0 Å². The van der Waals surface area contributed by atoms with Gasteiger partial charge in [0.05, 0.1) is 0 Å². The Morgan fingerprint density at radius 2 is 1.92 bits per heavy atom. The lowest BCUT2D eigenvalue weighted by atomic mass is 9.79. The van der Waals surface area contributed by atoms with Crippen LogP contribution in [0.25, 0.3) is 21.5 Å². The Morgan fingerprint density at radius 1 is 1.04 bits per heavy atom. The highest BCUT2D eigenvalue weighted by Gasteiger charge is 2.34. The van der Waals surface area contributed by atoms with Gasteiger partial charge in [-0.25, -0.2) is 0 Å². The van der Waals surface area contributed by atoms with E-state index in [-0.39, 0.29) is 0 Å². The van der Waals surface area contributed by atoms with Crippen molar-refractivity contribution >= 4 is 39.8 Å². The van der Waals surface area contributed by atoms with Crippen LogP contribution in [0.15, 0.2) is 63.6 Å². The number of carbonyl (C=O) groups excluding carboxylic acids is 1. The number of fused-ring (bicyclic) bond motifs is 5. The quantitative estimate of drug-likeness (QED) is 0.325. The second-order valence-corrected chi connectivity index (χ2v) is 7.66. The predicted octanol–water partition coefficient (Wildman–Crippen LogP) is 5.89. The maximum atomic E-state index is 12.2. The Labute approximate surface area is 156 Å². The average Bonchev–Trinajstić information content (AvgIpc) is 2.73. The molecule has 0 bridgehead atoms. The normalized spacial score (nSPS) is 21.8. The molecule has 1 heterocycles. The molecule has 1 aliphatic heterocycles. The molecule has 3 aromatic rings. The number of hydrogen-bond acceptors (Lipinski definition) is 4. The molecular weight excluding hydrogens is 340 g/mol. The fourth-order valence-corrected chi connectivity index (χ4v) is 4.83. The summed E-state index contributed by atoms with van der Waals surface area (Å²) >= 11 is 1.26. The van der Waals surface area contributed by atoms with Gasteiger partial charge in [-0.2, -0.15) is 5.11 Å². The highest BCUT2D eigenvalue weighted by molar-refractivity contribution is 8.00. The summed E-state index contributed by atoms with van der Waals surface area (Å²) in [5.74, 6) is 0. The predicted molar refractivity (Wildman–Crippen MR) is 107 cm³/mol. The monoisotopic (exact) mass is 358 g/mol. The molecule has 1 atom stereocenters. The van der Waals surface area contributed by atoms with Crippen molar-refractivity contribution in [2.45, 2.75) is 31.2 Å². The number of hydrogen-bond donors (Lipinski definition) is 0. The van der Waals surface area contributed by atoms with Crippen molar-refractivity contribution in [3.8, 4) is 0 Å². The summed E-state index contributed by atoms with van der Waals surface area (Å²) in [7, 11) is 0. The summed E-state index contributed by atoms with van der Waals surface area (Å²) in [6.07, 6.45) is 7.40. The van der Waals surface area contributed by atoms with Crippen LogP contribution in [-0.4, -0.2) is 6.29 Å². The number of aryl methyl sites for hydroxylation is 2. The summed E-state index contributed by atoms with van der Waals surface area (Å²) in [4.78, 5) is 12.2. The van der Waals surface area contributed by atoms with Gasteiger partial charge in [0.1, 0.15) is 0 Å². The standard InChI is InChI=1S/C22H18N2OS/c25-14-22(11-12-26-24-23-22)20-13-16-6-2-3-7-17(16)19-10-9-15-5-1-4-8-18(15)21(19)20/h2-3,6-7,9-14H,1,4-5,8H2. The third-order valence-corrected chi connectivity index (χ3v) is 6.03. The average molecular weight is 358 g/mol. The van der Waals surface area contributed by atoms with Gasteiger partial charge in [0.15, 0.2) is 11.8 Å². The molecule has 0 saturated carbocycles. The Hall–Kier alpha value is -2.46. The smallest absolute Gasteiger partial charge is 0.182 e. The lowest BCUT2D eigenvalue weighted by Gasteiger charge is -2.27. The van der Waals surface area contributed by atoms with Crippen LogP contribution in [0, 0.1) is 0 Å². The zero-order valence-corrected chi connectivity index (χ0v) is 15.1. The molecule has 1 unspecified atom stereocenters. The van der Waals surface area contributed by atoms with Crippen LogP contribution in [-0.2, 0) is 23.2 Å². The molecule has 2 aliphatic rings. The molecule has 1 aliphatic carbocycles. The van der Waals surface area contributed by atoms with Crippen LogP contribution in [0.4, 0.5) is 0 Å². The lowest BCUT2D eigenvalue weighted by molar-refractivity contribution is -0.111. The van der Waals surface area contributed by atoms with Gasteiger partial charge in [-0.15, -0.1) is 4.52 Å². The zero-order valence-electron chi connectivity index (χ0n) is 14.3. The second-order valence-electron chi connectivity index (χ2n) is 7.01.